The van der Waals surface area contributed by atoms with Gasteiger partial charge in [-0.25, -0.2) is 9.78 Å². The summed E-state index contributed by atoms with van der Waals surface area (Å²) in [5.41, 5.74) is 6.26. The molecular weight excluding hydrogens is 536 g/mol. The highest BCUT2D eigenvalue weighted by Gasteiger charge is 2.23. The summed E-state index contributed by atoms with van der Waals surface area (Å²) in [6, 6.07) is 9.83. The van der Waals surface area contributed by atoms with Gasteiger partial charge in [0, 0.05) is 44.2 Å². The van der Waals surface area contributed by atoms with Crippen molar-refractivity contribution in [3.8, 4) is 0 Å². The zero-order chi connectivity index (χ0) is 29.7. The number of amides is 1. The Balaban J connectivity index is 1.28. The minimum Gasteiger partial charge on any atom is -0.465 e. The number of ether oxygens (including phenoxy) is 1. The molecule has 8 nitrogen and oxygen atoms in total. The first-order valence-corrected chi connectivity index (χ1v) is 15.6. The Morgan fingerprint density at radius 3 is 2.20 bits per heavy atom. The van der Waals surface area contributed by atoms with E-state index in [1.165, 1.54) is 23.8 Å². The molecule has 0 aliphatic carbocycles. The predicted molar refractivity (Wildman–Crippen MR) is 166 cm³/mol. The fourth-order valence-corrected chi connectivity index (χ4v) is 6.01. The number of aromatic nitrogens is 1. The Morgan fingerprint density at radius 2 is 1.61 bits per heavy atom. The maximum absolute atomic E-state index is 13.2. The van der Waals surface area contributed by atoms with Crippen LogP contribution in [0.5, 0.6) is 0 Å². The van der Waals surface area contributed by atoms with Crippen molar-refractivity contribution in [2.75, 3.05) is 57.4 Å². The first-order valence-electron chi connectivity index (χ1n) is 14.6. The molecule has 3 aromatic rings. The second kappa shape index (κ2) is 13.9. The molecule has 1 saturated heterocycles. The number of methoxy groups -OCH3 is 1. The van der Waals surface area contributed by atoms with E-state index in [0.29, 0.717) is 46.2 Å². The summed E-state index contributed by atoms with van der Waals surface area (Å²) in [6.45, 7) is 18.0. The largest absolute Gasteiger partial charge is 0.465 e. The SMILES string of the molecule is COC(=O)c1cccc2nc(SCCN3CCN(CC(=O)Nc4c(C(C)C)cc(C(C)C)cc4C(C)C)CC3)oc12. The van der Waals surface area contributed by atoms with Crippen molar-refractivity contribution >= 4 is 40.4 Å². The fourth-order valence-electron chi connectivity index (χ4n) is 5.18. The molecule has 4 rings (SSSR count). The number of piperazine rings is 1. The van der Waals surface area contributed by atoms with Crippen LogP contribution in [0.25, 0.3) is 11.1 Å². The van der Waals surface area contributed by atoms with Crippen molar-refractivity contribution in [1.29, 1.82) is 0 Å². The average Bonchev–Trinajstić information content (AvgIpc) is 3.36. The Morgan fingerprint density at radius 1 is 0.976 bits per heavy atom. The molecule has 0 saturated carbocycles. The van der Waals surface area contributed by atoms with Crippen LogP contribution in [0.2, 0.25) is 0 Å². The molecule has 9 heteroatoms. The topological polar surface area (TPSA) is 87.9 Å². The van der Waals surface area contributed by atoms with Gasteiger partial charge >= 0.3 is 5.97 Å². The molecular formula is C32H44N4O4S. The van der Waals surface area contributed by atoms with Crippen molar-refractivity contribution in [3.05, 3.63) is 52.6 Å². The highest BCUT2D eigenvalue weighted by atomic mass is 32.2. The van der Waals surface area contributed by atoms with E-state index < -0.39 is 5.97 Å². The summed E-state index contributed by atoms with van der Waals surface area (Å²) in [4.78, 5) is 34.4. The summed E-state index contributed by atoms with van der Waals surface area (Å²) in [5, 5.41) is 3.85. The summed E-state index contributed by atoms with van der Waals surface area (Å²) in [5.74, 6) is 1.54. The predicted octanol–water partition coefficient (Wildman–Crippen LogP) is 6.33. The third-order valence-electron chi connectivity index (χ3n) is 7.66. The molecule has 1 aliphatic heterocycles. The lowest BCUT2D eigenvalue weighted by atomic mass is 9.87. The number of para-hydroxylation sites is 1. The van der Waals surface area contributed by atoms with Crippen molar-refractivity contribution in [1.82, 2.24) is 14.8 Å². The van der Waals surface area contributed by atoms with Gasteiger partial charge in [0.1, 0.15) is 11.1 Å². The van der Waals surface area contributed by atoms with Gasteiger partial charge in [-0.1, -0.05) is 71.5 Å². The van der Waals surface area contributed by atoms with E-state index in [-0.39, 0.29) is 5.91 Å². The lowest BCUT2D eigenvalue weighted by molar-refractivity contribution is -0.117. The first-order chi connectivity index (χ1) is 19.6. The minimum atomic E-state index is -0.431. The van der Waals surface area contributed by atoms with E-state index in [9.17, 15) is 9.59 Å². The highest BCUT2D eigenvalue weighted by Crippen LogP contribution is 2.36. The summed E-state index contributed by atoms with van der Waals surface area (Å²) >= 11 is 1.54. The smallest absolute Gasteiger partial charge is 0.341 e. The Kier molecular flexibility index (Phi) is 10.5. The minimum absolute atomic E-state index is 0.0531. The number of thioether (sulfide) groups is 1. The average molecular weight is 581 g/mol. The number of nitrogens with one attached hydrogen (secondary N) is 1. The van der Waals surface area contributed by atoms with Gasteiger partial charge in [-0.3, -0.25) is 14.6 Å². The molecule has 0 radical (unpaired) electrons. The fraction of sp³-hybridized carbons (Fsp3) is 0.531. The van der Waals surface area contributed by atoms with E-state index in [4.69, 9.17) is 9.15 Å². The second-order valence-electron chi connectivity index (χ2n) is 11.7. The van der Waals surface area contributed by atoms with E-state index in [1.807, 2.05) is 6.07 Å². The number of anilines is 1. The molecule has 1 fully saturated rings. The van der Waals surface area contributed by atoms with E-state index >= 15 is 0 Å². The van der Waals surface area contributed by atoms with Crippen LogP contribution < -0.4 is 5.32 Å². The molecule has 1 N–H and O–H groups in total. The number of esters is 1. The molecule has 0 spiro atoms. The highest BCUT2D eigenvalue weighted by molar-refractivity contribution is 7.99. The molecule has 0 atom stereocenters. The second-order valence-corrected chi connectivity index (χ2v) is 12.7. The normalized spacial score (nSPS) is 14.9. The summed E-state index contributed by atoms with van der Waals surface area (Å²) in [7, 11) is 1.36. The monoisotopic (exact) mass is 580 g/mol. The third kappa shape index (κ3) is 7.70. The number of fused-ring (bicyclic) bond motifs is 1. The maximum Gasteiger partial charge on any atom is 0.341 e. The van der Waals surface area contributed by atoms with Crippen LogP contribution in [0.1, 0.15) is 86.3 Å². The lowest BCUT2D eigenvalue weighted by Gasteiger charge is -2.34. The number of benzene rings is 2. The Labute approximate surface area is 248 Å². The first kappa shape index (κ1) is 31.1. The Hall–Kier alpha value is -2.88. The number of carbonyl (C=O) groups excluding carboxylic acids is 2. The summed E-state index contributed by atoms with van der Waals surface area (Å²) < 4.78 is 10.7. The van der Waals surface area contributed by atoms with Crippen molar-refractivity contribution in [2.45, 2.75) is 64.5 Å². The molecule has 0 unspecified atom stereocenters. The van der Waals surface area contributed by atoms with E-state index in [2.05, 4.69) is 73.8 Å². The van der Waals surface area contributed by atoms with Crippen molar-refractivity contribution in [3.63, 3.8) is 0 Å². The Bertz CT molecular complexity index is 1330. The molecule has 2 heterocycles. The third-order valence-corrected chi connectivity index (χ3v) is 8.47. The van der Waals surface area contributed by atoms with Crippen LogP contribution in [0.4, 0.5) is 5.69 Å². The van der Waals surface area contributed by atoms with Crippen LogP contribution in [-0.4, -0.2) is 78.8 Å². The number of carbonyl (C=O) groups is 2. The van der Waals surface area contributed by atoms with Crippen LogP contribution in [0.15, 0.2) is 40.0 Å². The van der Waals surface area contributed by atoms with Crippen LogP contribution in [-0.2, 0) is 9.53 Å². The maximum atomic E-state index is 13.2. The molecule has 2 aromatic carbocycles. The molecule has 0 bridgehead atoms. The van der Waals surface area contributed by atoms with Gasteiger partial charge in [0.25, 0.3) is 5.22 Å². The van der Waals surface area contributed by atoms with Gasteiger partial charge < -0.3 is 14.5 Å². The van der Waals surface area contributed by atoms with Gasteiger partial charge in [-0.2, -0.15) is 0 Å². The molecule has 41 heavy (non-hydrogen) atoms. The molecule has 222 valence electrons. The molecule has 1 aliphatic rings. The van der Waals surface area contributed by atoms with Crippen LogP contribution in [0, 0.1) is 0 Å². The number of oxazole rings is 1. The quantitative estimate of drug-likeness (QED) is 0.208. The van der Waals surface area contributed by atoms with Gasteiger partial charge in [0.15, 0.2) is 5.58 Å². The van der Waals surface area contributed by atoms with Crippen molar-refractivity contribution < 1.29 is 18.7 Å². The van der Waals surface area contributed by atoms with Crippen LogP contribution in [0.3, 0.4) is 0 Å². The van der Waals surface area contributed by atoms with Gasteiger partial charge in [0.05, 0.1) is 13.7 Å². The number of nitrogens with zero attached hydrogens (tertiary/aromatic N) is 3. The zero-order valence-electron chi connectivity index (χ0n) is 25.5. The van der Waals surface area contributed by atoms with Crippen molar-refractivity contribution in [2.24, 2.45) is 0 Å². The number of hydrogen-bond donors (Lipinski definition) is 1. The number of hydrogen-bond acceptors (Lipinski definition) is 8. The van der Waals surface area contributed by atoms with Gasteiger partial charge in [-0.05, 0) is 46.6 Å². The van der Waals surface area contributed by atoms with Gasteiger partial charge in [-0.15, -0.1) is 0 Å². The lowest BCUT2D eigenvalue weighted by Crippen LogP contribution is -2.49. The summed E-state index contributed by atoms with van der Waals surface area (Å²) in [6.07, 6.45) is 0. The zero-order valence-corrected chi connectivity index (χ0v) is 26.3. The molecule has 1 aromatic heterocycles. The van der Waals surface area contributed by atoms with E-state index in [1.54, 1.807) is 23.9 Å². The number of rotatable bonds is 11. The standard InChI is InChI=1S/C32H44N4O4S/c1-20(2)23-17-25(21(3)4)29(26(18-23)22(5)6)34-28(37)19-36-13-11-35(12-14-36)15-16-41-32-33-27-10-8-9-24(30(27)40-32)31(38)39-7/h8-10,17-18,20-22H,11-16,19H2,1-7H3,(H,34,37). The molecule has 1 amide bonds. The van der Waals surface area contributed by atoms with Gasteiger partial charge in [0.2, 0.25) is 5.91 Å². The van der Waals surface area contributed by atoms with Crippen LogP contribution >= 0.6 is 11.8 Å². The van der Waals surface area contributed by atoms with E-state index in [0.717, 1.165) is 44.2 Å².